The standard InChI is InChI=1S/C35H34FN3O7.C27H26FN3O5/c1-20(2)30(34-39-31(35(43)44-3)32(46-34)27-18-37-28-14-11-24(36)17-26(27)28)38-33(42)23(15-21-9-12-25(40)13-10-21)16-29(41)45-19-22-7-5-4-6-8-22;1-12(2)20-24-31-21(25(33)34-4)22(36-24)27-16-11-15(28)6-7-18(16)29-26(27)35-19-8-5-14(10-17(19)27)9-13(3)23(32)30-20/h4-14,17-18,20,23,30,37,40H,15-16,19H2,1-3H3,(H,38,42);5-8,10-13,20,26,29H,9H2,1-4H3,(H,30,32)/t23-,30+;13?,20-,26+,27-/m10/s1. The smallest absolute Gasteiger partial charge is 0.360 e. The van der Waals surface area contributed by atoms with E-state index >= 15 is 0 Å². The van der Waals surface area contributed by atoms with Crippen molar-refractivity contribution in [3.05, 3.63) is 184 Å². The molecule has 0 aliphatic carbocycles. The van der Waals surface area contributed by atoms with Crippen molar-refractivity contribution in [3.63, 3.8) is 0 Å². The number of ether oxygens (including phenoxy) is 4. The Balaban J connectivity index is 0.000000189. The molecular weight excluding hydrogens is 1060 g/mol. The monoisotopic (exact) mass is 1120 g/mol. The topological polar surface area (TPSA) is 246 Å². The van der Waals surface area contributed by atoms with Gasteiger partial charge in [0.15, 0.2) is 29.1 Å². The lowest BCUT2D eigenvalue weighted by atomic mass is 9.72. The summed E-state index contributed by atoms with van der Waals surface area (Å²) in [6.45, 7) is 9.49. The van der Waals surface area contributed by atoms with Gasteiger partial charge in [0.1, 0.15) is 47.2 Å². The normalized spacial score (nSPS) is 18.3. The van der Waals surface area contributed by atoms with Gasteiger partial charge in [-0.1, -0.05) is 89.2 Å². The van der Waals surface area contributed by atoms with Crippen molar-refractivity contribution in [2.75, 3.05) is 19.5 Å². The van der Waals surface area contributed by atoms with Crippen molar-refractivity contribution in [2.45, 2.75) is 84.2 Å². The number of methoxy groups -OCH3 is 2. The molecule has 0 fully saturated rings. The van der Waals surface area contributed by atoms with Crippen LogP contribution in [0.3, 0.4) is 0 Å². The Bertz CT molecular complexity index is 3720. The first kappa shape index (κ1) is 56.0. The fourth-order valence-electron chi connectivity index (χ4n) is 10.7. The Labute approximate surface area is 469 Å². The largest absolute Gasteiger partial charge is 0.508 e. The molecule has 6 atom stereocenters. The zero-order valence-corrected chi connectivity index (χ0v) is 45.9. The number of esters is 3. The summed E-state index contributed by atoms with van der Waals surface area (Å²) in [4.78, 5) is 77.8. The lowest BCUT2D eigenvalue weighted by Crippen LogP contribution is -2.41. The van der Waals surface area contributed by atoms with Crippen LogP contribution >= 0.6 is 0 Å². The maximum Gasteiger partial charge on any atom is 0.360 e. The second-order valence-electron chi connectivity index (χ2n) is 21.3. The minimum atomic E-state index is -1.20. The summed E-state index contributed by atoms with van der Waals surface area (Å²) in [6, 6.07) is 28.5. The molecule has 0 radical (unpaired) electrons. The predicted octanol–water partition coefficient (Wildman–Crippen LogP) is 10.3. The van der Waals surface area contributed by atoms with Gasteiger partial charge in [-0.25, -0.2) is 28.3 Å². The van der Waals surface area contributed by atoms with Crippen LogP contribution < -0.4 is 20.7 Å². The van der Waals surface area contributed by atoms with Crippen LogP contribution in [0.4, 0.5) is 14.5 Å². The maximum absolute atomic E-state index is 14.7. The van der Waals surface area contributed by atoms with Gasteiger partial charge in [0.25, 0.3) is 0 Å². The van der Waals surface area contributed by atoms with E-state index in [-0.39, 0.29) is 83.5 Å². The molecule has 3 aliphatic heterocycles. The summed E-state index contributed by atoms with van der Waals surface area (Å²) in [6.07, 6.45) is 1.33. The Kier molecular flexibility index (Phi) is 15.7. The van der Waals surface area contributed by atoms with Crippen molar-refractivity contribution in [3.8, 4) is 22.8 Å². The number of nitrogens with one attached hydrogen (secondary N) is 4. The summed E-state index contributed by atoms with van der Waals surface area (Å²) in [7, 11) is 2.48. The third kappa shape index (κ3) is 10.9. The Morgan fingerprint density at radius 1 is 0.817 bits per heavy atom. The molecule has 82 heavy (non-hydrogen) atoms. The minimum absolute atomic E-state index is 0.0366. The van der Waals surface area contributed by atoms with Crippen LogP contribution in [0, 0.1) is 35.3 Å². The predicted molar refractivity (Wildman–Crippen MR) is 294 cm³/mol. The third-order valence-corrected chi connectivity index (χ3v) is 15.0. The van der Waals surface area contributed by atoms with E-state index in [1.54, 1.807) is 30.5 Å². The van der Waals surface area contributed by atoms with Gasteiger partial charge < -0.3 is 53.8 Å². The van der Waals surface area contributed by atoms with Crippen LogP contribution in [0.2, 0.25) is 0 Å². The quantitative estimate of drug-likeness (QED) is 0.0502. The Morgan fingerprint density at radius 2 is 1.54 bits per heavy atom. The molecule has 18 nitrogen and oxygen atoms in total. The van der Waals surface area contributed by atoms with E-state index in [4.69, 9.17) is 27.8 Å². The van der Waals surface area contributed by atoms with Crippen molar-refractivity contribution in [2.24, 2.45) is 23.7 Å². The molecule has 0 saturated heterocycles. The number of benzene rings is 5. The second kappa shape index (κ2) is 23.0. The average Bonchev–Trinajstić information content (AvgIpc) is 3.76. The zero-order valence-electron chi connectivity index (χ0n) is 45.9. The lowest BCUT2D eigenvalue weighted by molar-refractivity contribution is -0.148. The number of aromatic hydroxyl groups is 1. The molecule has 1 unspecified atom stereocenters. The van der Waals surface area contributed by atoms with Gasteiger partial charge in [-0.05, 0) is 96.0 Å². The third-order valence-electron chi connectivity index (χ3n) is 15.0. The van der Waals surface area contributed by atoms with E-state index < -0.39 is 65.1 Å². The number of carbonyl (C=O) groups is 5. The highest BCUT2D eigenvalue weighted by molar-refractivity contribution is 6.01. The highest BCUT2D eigenvalue weighted by atomic mass is 19.1. The Morgan fingerprint density at radius 3 is 2.26 bits per heavy atom. The van der Waals surface area contributed by atoms with Crippen LogP contribution in [0.1, 0.15) is 119 Å². The van der Waals surface area contributed by atoms with Gasteiger partial charge in [-0.2, -0.15) is 0 Å². The molecule has 0 saturated carbocycles. The van der Waals surface area contributed by atoms with Crippen molar-refractivity contribution >= 4 is 46.3 Å². The molecule has 20 heteroatoms. The number of halogens is 2. The average molecular weight is 1120 g/mol. The number of fused-ring (bicyclic) bond motifs is 5. The molecule has 2 amide bonds. The van der Waals surface area contributed by atoms with Crippen LogP contribution in [0.5, 0.6) is 11.5 Å². The van der Waals surface area contributed by atoms with Crippen LogP contribution in [0.15, 0.2) is 124 Å². The number of rotatable bonds is 14. The highest BCUT2D eigenvalue weighted by Crippen LogP contribution is 2.59. The molecule has 5 aromatic carbocycles. The number of hydrogen-bond acceptors (Lipinski definition) is 15. The number of hydrogen-bond donors (Lipinski definition) is 5. The summed E-state index contributed by atoms with van der Waals surface area (Å²) in [5.41, 5.74) is 4.05. The molecule has 6 heterocycles. The zero-order chi connectivity index (χ0) is 58.1. The summed E-state index contributed by atoms with van der Waals surface area (Å²) in [5.74, 6) is -3.93. The van der Waals surface area contributed by atoms with Gasteiger partial charge >= 0.3 is 17.9 Å². The number of nitrogens with zero attached hydrogens (tertiary/aromatic N) is 2. The molecule has 4 bridgehead atoms. The molecule has 1 spiro atoms. The fraction of sp³-hybridized carbons (Fsp3) is 0.306. The number of amides is 2. The van der Waals surface area contributed by atoms with Crippen LogP contribution in [-0.4, -0.2) is 70.2 Å². The first-order chi connectivity index (χ1) is 39.4. The number of phenols is 1. The first-order valence-electron chi connectivity index (χ1n) is 26.8. The SMILES string of the molecule is COC(=O)c1nc([C@@H](NC(=O)[C@@H](CC(=O)OCc2ccccc2)Cc2ccc(O)cc2)C(C)C)oc1-c1c[nH]c2ccc(F)cc12.COC(=O)c1nc2oc1[C@@]13c4cc(F)ccc4N[C@@H]1Oc1ccc(cc13)CC(C)C(=O)N[C@H]2C(C)C. The van der Waals surface area contributed by atoms with Crippen molar-refractivity contribution in [1.82, 2.24) is 25.6 Å². The molecule has 11 rings (SSSR count). The van der Waals surface area contributed by atoms with Crippen molar-refractivity contribution < 1.29 is 65.6 Å². The number of carbonyl (C=O) groups excluding carboxylic acids is 5. The molecule has 5 N–H and O–H groups in total. The van der Waals surface area contributed by atoms with Gasteiger partial charge in [-0.15, -0.1) is 0 Å². The molecule has 424 valence electrons. The summed E-state index contributed by atoms with van der Waals surface area (Å²) < 4.78 is 63.3. The Hall–Kier alpha value is -9.33. The van der Waals surface area contributed by atoms with E-state index in [0.29, 0.717) is 45.5 Å². The number of aromatic amines is 1. The van der Waals surface area contributed by atoms with Crippen LogP contribution in [-0.2, 0) is 53.5 Å². The van der Waals surface area contributed by atoms with Gasteiger partial charge in [0.2, 0.25) is 23.6 Å². The van der Waals surface area contributed by atoms with Gasteiger partial charge in [-0.3, -0.25) is 14.4 Å². The van der Waals surface area contributed by atoms with E-state index in [0.717, 1.165) is 16.7 Å². The van der Waals surface area contributed by atoms with Gasteiger partial charge in [0, 0.05) is 45.4 Å². The van der Waals surface area contributed by atoms with Crippen molar-refractivity contribution in [1.29, 1.82) is 0 Å². The molecule has 3 aromatic heterocycles. The van der Waals surface area contributed by atoms with Gasteiger partial charge in [0.05, 0.1) is 26.6 Å². The first-order valence-corrected chi connectivity index (χ1v) is 26.8. The lowest BCUT2D eigenvalue weighted by Gasteiger charge is -2.28. The number of anilines is 1. The van der Waals surface area contributed by atoms with E-state index in [9.17, 15) is 37.9 Å². The van der Waals surface area contributed by atoms with Crippen LogP contribution in [0.25, 0.3) is 22.2 Å². The number of aromatic nitrogens is 3. The second-order valence-corrected chi connectivity index (χ2v) is 21.3. The number of phenolic OH excluding ortho intramolecular Hbond substituents is 1. The molecular formula is C62H60F2N6O12. The number of H-pyrrole nitrogens is 1. The maximum atomic E-state index is 14.7. The van der Waals surface area contributed by atoms with E-state index in [1.807, 2.05) is 83.1 Å². The highest BCUT2D eigenvalue weighted by Gasteiger charge is 2.61. The summed E-state index contributed by atoms with van der Waals surface area (Å²) in [5, 5.41) is 19.5. The molecule has 8 aromatic rings. The van der Waals surface area contributed by atoms with E-state index in [1.165, 1.54) is 50.6 Å². The molecule has 3 aliphatic rings. The summed E-state index contributed by atoms with van der Waals surface area (Å²) >= 11 is 0. The van der Waals surface area contributed by atoms with E-state index in [2.05, 4.69) is 30.9 Å². The number of oxazole rings is 2. The minimum Gasteiger partial charge on any atom is -0.508 e. The fourth-order valence-corrected chi connectivity index (χ4v) is 10.7.